The van der Waals surface area contributed by atoms with Crippen LogP contribution in [0.2, 0.25) is 0 Å². The Morgan fingerprint density at radius 3 is 2.95 bits per heavy atom. The number of cyclic esters (lactones) is 1. The number of carbonyl (C=O) groups is 1. The molecule has 1 saturated heterocycles. The molecule has 0 aromatic carbocycles. The molecule has 1 aromatic heterocycles. The van der Waals surface area contributed by atoms with E-state index >= 15 is 0 Å². The van der Waals surface area contributed by atoms with Crippen LogP contribution in [0.1, 0.15) is 22.8 Å². The molecule has 0 unspecified atom stereocenters. The molecule has 0 bridgehead atoms. The number of piperazine rings is 1. The highest BCUT2D eigenvalue weighted by molar-refractivity contribution is 5.96. The molecule has 3 heterocycles. The minimum absolute atomic E-state index is 0.124. The van der Waals surface area contributed by atoms with Crippen LogP contribution < -0.4 is 10.2 Å². The number of nitrogens with zero attached hydrogens (tertiary/aromatic N) is 2. The molecule has 1 N–H and O–H groups in total. The van der Waals surface area contributed by atoms with Crippen LogP contribution in [0, 0.1) is 0 Å². The standard InChI is InChI=1S/C13H14F3N3O2/c1-7-10-6-17-2-3-19(10)11-9(12(20)21-7)4-8(5-18-11)13(14,15)16/h4-5,7,10,17H,2-3,6H2,1H3/t7-,10-/m1/s1. The predicted octanol–water partition coefficient (Wildman–Crippen LogP) is 1.44. The Balaban J connectivity index is 2.09. The Hall–Kier alpha value is -1.83. The van der Waals surface area contributed by atoms with E-state index in [1.165, 1.54) is 0 Å². The Morgan fingerprint density at radius 2 is 2.24 bits per heavy atom. The number of halogens is 3. The zero-order valence-electron chi connectivity index (χ0n) is 11.3. The highest BCUT2D eigenvalue weighted by atomic mass is 19.4. The summed E-state index contributed by atoms with van der Waals surface area (Å²) in [6.07, 6.45) is -4.20. The summed E-state index contributed by atoms with van der Waals surface area (Å²) in [5, 5.41) is 3.18. The number of hydrogen-bond acceptors (Lipinski definition) is 5. The molecule has 5 nitrogen and oxygen atoms in total. The molecular formula is C13H14F3N3O2. The van der Waals surface area contributed by atoms with Crippen LogP contribution in [0.25, 0.3) is 0 Å². The van der Waals surface area contributed by atoms with Gasteiger partial charge in [-0.15, -0.1) is 0 Å². The van der Waals surface area contributed by atoms with Gasteiger partial charge in [0.15, 0.2) is 0 Å². The molecule has 8 heteroatoms. The normalized spacial score (nSPS) is 25.7. The van der Waals surface area contributed by atoms with Crippen LogP contribution >= 0.6 is 0 Å². The molecule has 3 rings (SSSR count). The number of esters is 1. The van der Waals surface area contributed by atoms with Crippen molar-refractivity contribution in [3.05, 3.63) is 23.4 Å². The van der Waals surface area contributed by atoms with Crippen molar-refractivity contribution in [1.29, 1.82) is 0 Å². The average Bonchev–Trinajstić information content (AvgIpc) is 2.55. The number of nitrogens with one attached hydrogen (secondary N) is 1. The second-order valence-corrected chi connectivity index (χ2v) is 5.17. The number of pyridine rings is 1. The lowest BCUT2D eigenvalue weighted by atomic mass is 10.1. The van der Waals surface area contributed by atoms with Crippen molar-refractivity contribution in [3.8, 4) is 0 Å². The number of ether oxygens (including phenoxy) is 1. The number of carbonyl (C=O) groups excluding carboxylic acids is 1. The fourth-order valence-corrected chi connectivity index (χ4v) is 2.71. The van der Waals surface area contributed by atoms with E-state index in [9.17, 15) is 18.0 Å². The number of rotatable bonds is 0. The monoisotopic (exact) mass is 301 g/mol. The molecule has 1 fully saturated rings. The van der Waals surface area contributed by atoms with E-state index < -0.39 is 23.8 Å². The van der Waals surface area contributed by atoms with E-state index in [1.54, 1.807) is 6.92 Å². The SMILES string of the molecule is C[C@H]1OC(=O)c2cc(C(F)(F)F)cnc2N2CCNC[C@H]12. The summed E-state index contributed by atoms with van der Waals surface area (Å²) in [5.74, 6) is -0.491. The third kappa shape index (κ3) is 2.44. The van der Waals surface area contributed by atoms with Crippen LogP contribution in [0.5, 0.6) is 0 Å². The Morgan fingerprint density at radius 1 is 1.48 bits per heavy atom. The first-order valence-corrected chi connectivity index (χ1v) is 6.63. The maximum absolute atomic E-state index is 12.8. The molecule has 2 atom stereocenters. The number of fused-ring (bicyclic) bond motifs is 3. The summed E-state index contributed by atoms with van der Waals surface area (Å²) in [5.41, 5.74) is -1.07. The van der Waals surface area contributed by atoms with Gasteiger partial charge < -0.3 is 15.0 Å². The van der Waals surface area contributed by atoms with E-state index in [0.29, 0.717) is 19.6 Å². The van der Waals surface area contributed by atoms with E-state index in [2.05, 4.69) is 10.3 Å². The predicted molar refractivity (Wildman–Crippen MR) is 68.1 cm³/mol. The lowest BCUT2D eigenvalue weighted by Crippen LogP contribution is -2.56. The summed E-state index contributed by atoms with van der Waals surface area (Å²) in [6.45, 7) is 3.58. The minimum atomic E-state index is -4.54. The van der Waals surface area contributed by atoms with Gasteiger partial charge >= 0.3 is 12.1 Å². The van der Waals surface area contributed by atoms with Gasteiger partial charge in [-0.2, -0.15) is 13.2 Å². The molecule has 2 aliphatic rings. The van der Waals surface area contributed by atoms with Gasteiger partial charge in [-0.25, -0.2) is 9.78 Å². The maximum atomic E-state index is 12.8. The van der Waals surface area contributed by atoms with Crippen molar-refractivity contribution in [2.24, 2.45) is 0 Å². The first kappa shape index (κ1) is 14.1. The molecule has 114 valence electrons. The quantitative estimate of drug-likeness (QED) is 0.735. The van der Waals surface area contributed by atoms with E-state index in [0.717, 1.165) is 12.3 Å². The van der Waals surface area contributed by atoms with Gasteiger partial charge in [-0.1, -0.05) is 0 Å². The smallest absolute Gasteiger partial charge is 0.417 e. The first-order valence-electron chi connectivity index (χ1n) is 6.63. The first-order chi connectivity index (χ1) is 9.88. The molecule has 2 aliphatic heterocycles. The largest absolute Gasteiger partial charge is 0.457 e. The fraction of sp³-hybridized carbons (Fsp3) is 0.538. The van der Waals surface area contributed by atoms with Crippen molar-refractivity contribution in [2.75, 3.05) is 24.5 Å². The van der Waals surface area contributed by atoms with Gasteiger partial charge in [0.05, 0.1) is 11.6 Å². The number of hydrogen-bond donors (Lipinski definition) is 1. The molecule has 0 aliphatic carbocycles. The second kappa shape index (κ2) is 4.87. The van der Waals surface area contributed by atoms with Crippen LogP contribution in [0.4, 0.5) is 19.0 Å². The van der Waals surface area contributed by atoms with E-state index in [4.69, 9.17) is 4.74 Å². The van der Waals surface area contributed by atoms with Crippen LogP contribution in [0.15, 0.2) is 12.3 Å². The second-order valence-electron chi connectivity index (χ2n) is 5.17. The Labute approximate surface area is 119 Å². The molecule has 21 heavy (non-hydrogen) atoms. The van der Waals surface area contributed by atoms with Crippen molar-refractivity contribution >= 4 is 11.8 Å². The summed E-state index contributed by atoms with van der Waals surface area (Å²) in [4.78, 5) is 17.8. The van der Waals surface area contributed by atoms with Crippen molar-refractivity contribution < 1.29 is 22.7 Å². The summed E-state index contributed by atoms with van der Waals surface area (Å²) in [7, 11) is 0. The lowest BCUT2D eigenvalue weighted by Gasteiger charge is -2.38. The molecule has 0 amide bonds. The number of aromatic nitrogens is 1. The fourth-order valence-electron chi connectivity index (χ4n) is 2.71. The van der Waals surface area contributed by atoms with Gasteiger partial charge in [0.1, 0.15) is 17.5 Å². The summed E-state index contributed by atoms with van der Waals surface area (Å²) < 4.78 is 43.6. The van der Waals surface area contributed by atoms with Gasteiger partial charge in [-0.05, 0) is 13.0 Å². The van der Waals surface area contributed by atoms with Crippen molar-refractivity contribution in [2.45, 2.75) is 25.2 Å². The van der Waals surface area contributed by atoms with Gasteiger partial charge in [0.25, 0.3) is 0 Å². The van der Waals surface area contributed by atoms with Gasteiger partial charge in [0, 0.05) is 25.8 Å². The van der Waals surface area contributed by atoms with Crippen LogP contribution in [-0.4, -0.2) is 42.7 Å². The maximum Gasteiger partial charge on any atom is 0.417 e. The summed E-state index contributed by atoms with van der Waals surface area (Å²) in [6, 6.07) is 0.690. The minimum Gasteiger partial charge on any atom is -0.457 e. The third-order valence-corrected chi connectivity index (χ3v) is 3.80. The number of anilines is 1. The molecule has 0 saturated carbocycles. The highest BCUT2D eigenvalue weighted by Crippen LogP contribution is 2.34. The summed E-state index contributed by atoms with van der Waals surface area (Å²) >= 11 is 0. The molecule has 0 radical (unpaired) electrons. The number of alkyl halides is 3. The zero-order chi connectivity index (χ0) is 15.2. The molecular weight excluding hydrogens is 287 g/mol. The van der Waals surface area contributed by atoms with Crippen LogP contribution in [0.3, 0.4) is 0 Å². The van der Waals surface area contributed by atoms with Gasteiger partial charge in [-0.3, -0.25) is 0 Å². The third-order valence-electron chi connectivity index (χ3n) is 3.80. The van der Waals surface area contributed by atoms with E-state index in [1.807, 2.05) is 4.90 Å². The zero-order valence-corrected chi connectivity index (χ0v) is 11.3. The molecule has 0 spiro atoms. The van der Waals surface area contributed by atoms with E-state index in [-0.39, 0.29) is 17.4 Å². The van der Waals surface area contributed by atoms with Gasteiger partial charge in [0.2, 0.25) is 0 Å². The average molecular weight is 301 g/mol. The lowest BCUT2D eigenvalue weighted by molar-refractivity contribution is -0.137. The molecule has 1 aromatic rings. The van der Waals surface area contributed by atoms with Crippen molar-refractivity contribution in [1.82, 2.24) is 10.3 Å². The highest BCUT2D eigenvalue weighted by Gasteiger charge is 2.39. The van der Waals surface area contributed by atoms with Crippen molar-refractivity contribution in [3.63, 3.8) is 0 Å². The Kier molecular flexibility index (Phi) is 3.27. The Bertz CT molecular complexity index is 576. The van der Waals surface area contributed by atoms with Crippen LogP contribution in [-0.2, 0) is 10.9 Å². The topological polar surface area (TPSA) is 54.5 Å².